The van der Waals surface area contributed by atoms with E-state index in [1.165, 1.54) is 0 Å². The molecule has 0 saturated carbocycles. The average molecular weight is 368 g/mol. The molecule has 1 saturated heterocycles. The van der Waals surface area contributed by atoms with Crippen LogP contribution >= 0.6 is 24.0 Å². The number of carbonyl (C=O) groups is 1. The molecule has 1 aromatic heterocycles. The number of ether oxygens (including phenoxy) is 1. The molecule has 0 bridgehead atoms. The zero-order valence-corrected chi connectivity index (χ0v) is 14.6. The van der Waals surface area contributed by atoms with Crippen molar-refractivity contribution in [3.8, 4) is 5.75 Å². The van der Waals surface area contributed by atoms with Gasteiger partial charge in [-0.15, -0.1) is 12.4 Å². The lowest BCUT2D eigenvalue weighted by atomic mass is 10.2. The van der Waals surface area contributed by atoms with Crippen LogP contribution < -0.4 is 15.4 Å². The van der Waals surface area contributed by atoms with Crippen LogP contribution in [0.1, 0.15) is 18.5 Å². The smallest absolute Gasteiger partial charge is 0.241 e. The van der Waals surface area contributed by atoms with E-state index in [1.54, 1.807) is 24.4 Å². The van der Waals surface area contributed by atoms with Gasteiger partial charge in [0.05, 0.1) is 16.8 Å². The van der Waals surface area contributed by atoms with Gasteiger partial charge in [0.2, 0.25) is 5.91 Å². The van der Waals surface area contributed by atoms with Crippen molar-refractivity contribution in [2.24, 2.45) is 0 Å². The summed E-state index contributed by atoms with van der Waals surface area (Å²) in [6, 6.07) is 10.8. The van der Waals surface area contributed by atoms with Crippen LogP contribution in [0.25, 0.3) is 0 Å². The van der Waals surface area contributed by atoms with Gasteiger partial charge in [0.25, 0.3) is 0 Å². The third-order valence-electron chi connectivity index (χ3n) is 3.68. The fourth-order valence-electron chi connectivity index (χ4n) is 2.47. The zero-order chi connectivity index (χ0) is 16.1. The summed E-state index contributed by atoms with van der Waals surface area (Å²) in [5, 5.41) is 6.49. The summed E-state index contributed by atoms with van der Waals surface area (Å²) in [7, 11) is 0. The fraction of sp³-hybridized carbons (Fsp3) is 0.294. The summed E-state index contributed by atoms with van der Waals surface area (Å²) in [4.78, 5) is 16.3. The number of carbonyl (C=O) groups excluding carboxylic acids is 1. The second-order valence-corrected chi connectivity index (χ2v) is 5.80. The molecule has 0 spiro atoms. The minimum Gasteiger partial charge on any atom is -0.486 e. The van der Waals surface area contributed by atoms with Gasteiger partial charge >= 0.3 is 0 Å². The molecule has 5 nitrogen and oxygen atoms in total. The first-order valence-corrected chi connectivity index (χ1v) is 7.97. The van der Waals surface area contributed by atoms with Crippen molar-refractivity contribution in [2.45, 2.75) is 25.5 Å². The van der Waals surface area contributed by atoms with Gasteiger partial charge in [0.15, 0.2) is 0 Å². The number of hydrogen-bond donors (Lipinski definition) is 2. The van der Waals surface area contributed by atoms with E-state index in [4.69, 9.17) is 16.3 Å². The number of rotatable bonds is 5. The standard InChI is InChI=1S/C17H18ClN3O2.ClH/c18-14-10-12(21-17(22)15-5-3-9-20-15)6-7-16(14)23-11-13-4-1-2-8-19-13;/h1-2,4,6-8,10,15,20H,3,5,9,11H2,(H,21,22);1H. The predicted molar refractivity (Wildman–Crippen MR) is 96.9 cm³/mol. The molecule has 3 rings (SSSR count). The number of benzene rings is 1. The second-order valence-electron chi connectivity index (χ2n) is 5.39. The molecule has 1 amide bonds. The Morgan fingerprint density at radius 2 is 2.25 bits per heavy atom. The molecule has 2 N–H and O–H groups in total. The van der Waals surface area contributed by atoms with Crippen molar-refractivity contribution in [2.75, 3.05) is 11.9 Å². The lowest BCUT2D eigenvalue weighted by Crippen LogP contribution is -2.35. The van der Waals surface area contributed by atoms with Gasteiger partial charge in [-0.25, -0.2) is 0 Å². The average Bonchev–Trinajstić information content (AvgIpc) is 3.10. The molecular weight excluding hydrogens is 349 g/mol. The molecule has 1 aliphatic rings. The molecule has 2 aromatic rings. The van der Waals surface area contributed by atoms with E-state index in [2.05, 4.69) is 15.6 Å². The van der Waals surface area contributed by atoms with Crippen LogP contribution in [0.15, 0.2) is 42.6 Å². The van der Waals surface area contributed by atoms with Crippen molar-refractivity contribution >= 4 is 35.6 Å². The SMILES string of the molecule is Cl.O=C(Nc1ccc(OCc2ccccn2)c(Cl)c1)C1CCCN1. The number of anilines is 1. The number of nitrogens with zero attached hydrogens (tertiary/aromatic N) is 1. The van der Waals surface area contributed by atoms with Crippen molar-refractivity contribution in [3.63, 3.8) is 0 Å². The number of amides is 1. The molecule has 7 heteroatoms. The molecule has 2 heterocycles. The fourth-order valence-corrected chi connectivity index (χ4v) is 2.70. The number of pyridine rings is 1. The Labute approximate surface area is 152 Å². The lowest BCUT2D eigenvalue weighted by Gasteiger charge is -2.13. The van der Waals surface area contributed by atoms with Crippen LogP contribution in [-0.2, 0) is 11.4 Å². The summed E-state index contributed by atoms with van der Waals surface area (Å²) >= 11 is 6.23. The summed E-state index contributed by atoms with van der Waals surface area (Å²) in [5.41, 5.74) is 1.49. The van der Waals surface area contributed by atoms with E-state index in [0.29, 0.717) is 23.1 Å². The predicted octanol–water partition coefficient (Wildman–Crippen LogP) is 3.43. The monoisotopic (exact) mass is 367 g/mol. The van der Waals surface area contributed by atoms with Gasteiger partial charge in [0.1, 0.15) is 12.4 Å². The Morgan fingerprint density at radius 1 is 1.38 bits per heavy atom. The van der Waals surface area contributed by atoms with Crippen LogP contribution in [0.4, 0.5) is 5.69 Å². The van der Waals surface area contributed by atoms with Gasteiger partial charge in [-0.3, -0.25) is 9.78 Å². The third kappa shape index (κ3) is 4.84. The van der Waals surface area contributed by atoms with Crippen LogP contribution in [0.2, 0.25) is 5.02 Å². The van der Waals surface area contributed by atoms with E-state index < -0.39 is 0 Å². The first-order chi connectivity index (χ1) is 11.2. The Bertz CT molecular complexity index is 677. The van der Waals surface area contributed by atoms with Crippen LogP contribution in [0, 0.1) is 0 Å². The van der Waals surface area contributed by atoms with Gasteiger partial charge < -0.3 is 15.4 Å². The highest BCUT2D eigenvalue weighted by Crippen LogP contribution is 2.28. The highest BCUT2D eigenvalue weighted by molar-refractivity contribution is 6.32. The zero-order valence-electron chi connectivity index (χ0n) is 13.0. The largest absolute Gasteiger partial charge is 0.486 e. The van der Waals surface area contributed by atoms with Gasteiger partial charge in [-0.2, -0.15) is 0 Å². The number of nitrogens with one attached hydrogen (secondary N) is 2. The number of aromatic nitrogens is 1. The maximum absolute atomic E-state index is 12.1. The van der Waals surface area contributed by atoms with E-state index in [1.807, 2.05) is 18.2 Å². The summed E-state index contributed by atoms with van der Waals surface area (Å²) in [6.07, 6.45) is 3.61. The Balaban J connectivity index is 0.00000208. The molecule has 1 aliphatic heterocycles. The molecule has 128 valence electrons. The summed E-state index contributed by atoms with van der Waals surface area (Å²) in [5.74, 6) is 0.537. The van der Waals surface area contributed by atoms with Crippen molar-refractivity contribution in [1.82, 2.24) is 10.3 Å². The van der Waals surface area contributed by atoms with E-state index in [-0.39, 0.29) is 24.4 Å². The maximum atomic E-state index is 12.1. The van der Waals surface area contributed by atoms with Gasteiger partial charge in [-0.1, -0.05) is 17.7 Å². The highest BCUT2D eigenvalue weighted by Gasteiger charge is 2.22. The second kappa shape index (κ2) is 8.87. The normalized spacial score (nSPS) is 16.3. The molecular formula is C17H19Cl2N3O2. The molecule has 24 heavy (non-hydrogen) atoms. The highest BCUT2D eigenvalue weighted by atomic mass is 35.5. The van der Waals surface area contributed by atoms with Crippen molar-refractivity contribution < 1.29 is 9.53 Å². The summed E-state index contributed by atoms with van der Waals surface area (Å²) < 4.78 is 5.66. The number of halogens is 2. The van der Waals surface area contributed by atoms with Crippen LogP contribution in [0.3, 0.4) is 0 Å². The lowest BCUT2D eigenvalue weighted by molar-refractivity contribution is -0.117. The Kier molecular flexibility index (Phi) is 6.85. The molecule has 0 aliphatic carbocycles. The molecule has 0 radical (unpaired) electrons. The van der Waals surface area contributed by atoms with Gasteiger partial charge in [-0.05, 0) is 49.7 Å². The van der Waals surface area contributed by atoms with E-state index in [9.17, 15) is 4.79 Å². The topological polar surface area (TPSA) is 63.2 Å². The van der Waals surface area contributed by atoms with Crippen LogP contribution in [-0.4, -0.2) is 23.5 Å². The molecule has 1 aromatic carbocycles. The van der Waals surface area contributed by atoms with Crippen molar-refractivity contribution in [3.05, 3.63) is 53.3 Å². The van der Waals surface area contributed by atoms with Gasteiger partial charge in [0, 0.05) is 11.9 Å². The third-order valence-corrected chi connectivity index (χ3v) is 3.97. The minimum atomic E-state index is -0.117. The molecule has 1 fully saturated rings. The maximum Gasteiger partial charge on any atom is 0.241 e. The van der Waals surface area contributed by atoms with E-state index >= 15 is 0 Å². The Morgan fingerprint density at radius 3 is 2.92 bits per heavy atom. The van der Waals surface area contributed by atoms with E-state index in [0.717, 1.165) is 25.1 Å². The summed E-state index contributed by atoms with van der Waals surface area (Å²) in [6.45, 7) is 1.23. The first kappa shape index (κ1) is 18.5. The molecule has 1 atom stereocenters. The molecule has 1 unspecified atom stereocenters. The quantitative estimate of drug-likeness (QED) is 0.849. The first-order valence-electron chi connectivity index (χ1n) is 7.59. The van der Waals surface area contributed by atoms with Crippen molar-refractivity contribution in [1.29, 1.82) is 0 Å². The Hall–Kier alpha value is -1.82. The van der Waals surface area contributed by atoms with Crippen LogP contribution in [0.5, 0.6) is 5.75 Å². The minimum absolute atomic E-state index is 0. The number of hydrogen-bond acceptors (Lipinski definition) is 4.